The lowest BCUT2D eigenvalue weighted by Gasteiger charge is -2.13. The molecule has 0 fully saturated rings. The van der Waals surface area contributed by atoms with Crippen LogP contribution in [0.3, 0.4) is 0 Å². The van der Waals surface area contributed by atoms with Crippen molar-refractivity contribution in [3.63, 3.8) is 0 Å². The minimum atomic E-state index is -0.272. The first-order valence-corrected chi connectivity index (χ1v) is 5.74. The van der Waals surface area contributed by atoms with E-state index in [4.69, 9.17) is 0 Å². The third kappa shape index (κ3) is 1.88. The van der Waals surface area contributed by atoms with Gasteiger partial charge < -0.3 is 15.3 Å². The van der Waals surface area contributed by atoms with Crippen LogP contribution in [0.15, 0.2) is 24.3 Å². The molecule has 2 aromatic carbocycles. The van der Waals surface area contributed by atoms with Gasteiger partial charge >= 0.3 is 0 Å². The van der Waals surface area contributed by atoms with Crippen LogP contribution in [-0.4, -0.2) is 15.3 Å². The van der Waals surface area contributed by atoms with Crippen LogP contribution in [0.1, 0.15) is 16.7 Å². The lowest BCUT2D eigenvalue weighted by molar-refractivity contribution is 0.393. The molecule has 0 heterocycles. The van der Waals surface area contributed by atoms with Crippen LogP contribution in [0.4, 0.5) is 0 Å². The highest BCUT2D eigenvalue weighted by molar-refractivity contribution is 5.78. The van der Waals surface area contributed by atoms with Crippen molar-refractivity contribution in [2.45, 2.75) is 20.8 Å². The summed E-state index contributed by atoms with van der Waals surface area (Å²) >= 11 is 0. The van der Waals surface area contributed by atoms with Gasteiger partial charge in [-0.3, -0.25) is 0 Å². The van der Waals surface area contributed by atoms with Crippen molar-refractivity contribution in [2.24, 2.45) is 0 Å². The molecule has 2 rings (SSSR count). The van der Waals surface area contributed by atoms with Gasteiger partial charge in [-0.2, -0.15) is 0 Å². The van der Waals surface area contributed by atoms with Crippen LogP contribution in [0.2, 0.25) is 0 Å². The van der Waals surface area contributed by atoms with E-state index in [9.17, 15) is 15.3 Å². The number of aromatic hydroxyl groups is 3. The number of phenolic OH excluding ortho intramolecular Hbond substituents is 3. The monoisotopic (exact) mass is 244 g/mol. The summed E-state index contributed by atoms with van der Waals surface area (Å²) < 4.78 is 0. The first kappa shape index (κ1) is 12.3. The van der Waals surface area contributed by atoms with Gasteiger partial charge in [0, 0.05) is 11.1 Å². The molecule has 94 valence electrons. The van der Waals surface area contributed by atoms with E-state index in [1.54, 1.807) is 6.92 Å². The van der Waals surface area contributed by atoms with Crippen LogP contribution in [0.5, 0.6) is 17.2 Å². The molecule has 0 radical (unpaired) electrons. The molecule has 0 amide bonds. The van der Waals surface area contributed by atoms with E-state index in [1.165, 1.54) is 6.07 Å². The molecule has 0 saturated carbocycles. The second kappa shape index (κ2) is 4.26. The van der Waals surface area contributed by atoms with Crippen molar-refractivity contribution in [1.82, 2.24) is 0 Å². The lowest BCUT2D eigenvalue weighted by Crippen LogP contribution is -1.88. The van der Waals surface area contributed by atoms with E-state index >= 15 is 0 Å². The van der Waals surface area contributed by atoms with Gasteiger partial charge in [-0.25, -0.2) is 0 Å². The van der Waals surface area contributed by atoms with Crippen molar-refractivity contribution in [3.05, 3.63) is 41.0 Å². The van der Waals surface area contributed by atoms with Crippen molar-refractivity contribution in [3.8, 4) is 28.4 Å². The maximum atomic E-state index is 10.0. The Morgan fingerprint density at radius 1 is 0.778 bits per heavy atom. The van der Waals surface area contributed by atoms with Crippen LogP contribution in [-0.2, 0) is 0 Å². The summed E-state index contributed by atoms with van der Waals surface area (Å²) in [6.07, 6.45) is 0. The van der Waals surface area contributed by atoms with E-state index in [0.717, 1.165) is 16.7 Å². The second-order valence-electron chi connectivity index (χ2n) is 4.58. The molecule has 18 heavy (non-hydrogen) atoms. The normalized spacial score (nSPS) is 10.6. The van der Waals surface area contributed by atoms with Gasteiger partial charge in [-0.15, -0.1) is 0 Å². The maximum absolute atomic E-state index is 10.0. The summed E-state index contributed by atoms with van der Waals surface area (Å²) in [5.41, 5.74) is 3.55. The summed E-state index contributed by atoms with van der Waals surface area (Å²) in [6.45, 7) is 5.42. The van der Waals surface area contributed by atoms with E-state index in [2.05, 4.69) is 0 Å². The Hall–Kier alpha value is -2.16. The van der Waals surface area contributed by atoms with Crippen LogP contribution >= 0.6 is 0 Å². The Labute approximate surface area is 106 Å². The minimum Gasteiger partial charge on any atom is -0.508 e. The maximum Gasteiger partial charge on any atom is 0.166 e. The average molecular weight is 244 g/mol. The Balaban J connectivity index is 2.75. The van der Waals surface area contributed by atoms with Crippen LogP contribution < -0.4 is 0 Å². The summed E-state index contributed by atoms with van der Waals surface area (Å²) in [5.74, 6) is -0.494. The van der Waals surface area contributed by atoms with Gasteiger partial charge in [0.15, 0.2) is 11.5 Å². The van der Waals surface area contributed by atoms with Gasteiger partial charge in [0.05, 0.1) is 0 Å². The molecule has 0 unspecified atom stereocenters. The molecule has 0 aliphatic heterocycles. The molecule has 3 N–H and O–H groups in total. The van der Waals surface area contributed by atoms with Crippen molar-refractivity contribution in [1.29, 1.82) is 0 Å². The SMILES string of the molecule is Cc1ccc(C)c(-c2cc(O)c(C)c(O)c2O)c1. The van der Waals surface area contributed by atoms with Crippen molar-refractivity contribution in [2.75, 3.05) is 0 Å². The summed E-state index contributed by atoms with van der Waals surface area (Å²) in [4.78, 5) is 0. The Morgan fingerprint density at radius 3 is 2.11 bits per heavy atom. The summed E-state index contributed by atoms with van der Waals surface area (Å²) in [7, 11) is 0. The minimum absolute atomic E-state index is 0.0267. The number of phenols is 3. The molecule has 0 atom stereocenters. The molecular weight excluding hydrogens is 228 g/mol. The van der Waals surface area contributed by atoms with E-state index in [-0.39, 0.29) is 22.8 Å². The molecule has 0 aromatic heterocycles. The number of hydrogen-bond donors (Lipinski definition) is 3. The van der Waals surface area contributed by atoms with Crippen LogP contribution in [0, 0.1) is 20.8 Å². The highest BCUT2D eigenvalue weighted by Gasteiger charge is 2.16. The predicted molar refractivity (Wildman–Crippen MR) is 71.1 cm³/mol. The molecule has 0 spiro atoms. The number of rotatable bonds is 1. The fourth-order valence-electron chi connectivity index (χ4n) is 1.97. The highest BCUT2D eigenvalue weighted by Crippen LogP contribution is 2.44. The lowest BCUT2D eigenvalue weighted by atomic mass is 9.96. The van der Waals surface area contributed by atoms with Crippen molar-refractivity contribution >= 4 is 0 Å². The topological polar surface area (TPSA) is 60.7 Å². The van der Waals surface area contributed by atoms with E-state index < -0.39 is 0 Å². The second-order valence-corrected chi connectivity index (χ2v) is 4.58. The molecule has 0 aliphatic rings. The van der Waals surface area contributed by atoms with Crippen molar-refractivity contribution < 1.29 is 15.3 Å². The van der Waals surface area contributed by atoms with Gasteiger partial charge in [-0.1, -0.05) is 23.8 Å². The number of aryl methyl sites for hydroxylation is 2. The summed E-state index contributed by atoms with van der Waals surface area (Å²) in [5, 5.41) is 29.5. The molecule has 3 nitrogen and oxygen atoms in total. The molecule has 2 aromatic rings. The largest absolute Gasteiger partial charge is 0.508 e. The summed E-state index contributed by atoms with van der Waals surface area (Å²) in [6, 6.07) is 7.31. The first-order valence-electron chi connectivity index (χ1n) is 5.74. The van der Waals surface area contributed by atoms with Gasteiger partial charge in [0.25, 0.3) is 0 Å². The molecule has 3 heteroatoms. The first-order chi connectivity index (χ1) is 8.41. The molecule has 0 aliphatic carbocycles. The highest BCUT2D eigenvalue weighted by atomic mass is 16.3. The third-order valence-electron chi connectivity index (χ3n) is 3.18. The smallest absolute Gasteiger partial charge is 0.166 e. The zero-order valence-corrected chi connectivity index (χ0v) is 10.7. The predicted octanol–water partition coefficient (Wildman–Crippen LogP) is 3.40. The van der Waals surface area contributed by atoms with Gasteiger partial charge in [0.1, 0.15) is 5.75 Å². The fourth-order valence-corrected chi connectivity index (χ4v) is 1.97. The molecular formula is C15H16O3. The van der Waals surface area contributed by atoms with Crippen LogP contribution in [0.25, 0.3) is 11.1 Å². The zero-order valence-electron chi connectivity index (χ0n) is 10.7. The van der Waals surface area contributed by atoms with E-state index in [0.29, 0.717) is 5.56 Å². The Kier molecular flexibility index (Phi) is 2.91. The third-order valence-corrected chi connectivity index (χ3v) is 3.18. The number of benzene rings is 2. The molecule has 0 saturated heterocycles. The van der Waals surface area contributed by atoms with Gasteiger partial charge in [0.2, 0.25) is 0 Å². The Morgan fingerprint density at radius 2 is 1.44 bits per heavy atom. The quantitative estimate of drug-likeness (QED) is 0.532. The standard InChI is InChI=1S/C15H16O3/c1-8-4-5-9(2)11(6-8)12-7-13(16)10(3)14(17)15(12)18/h4-7,16-18H,1-3H3. The fraction of sp³-hybridized carbons (Fsp3) is 0.200. The average Bonchev–Trinajstić information content (AvgIpc) is 2.34. The number of hydrogen-bond acceptors (Lipinski definition) is 3. The Bertz CT molecular complexity index is 616. The molecule has 0 bridgehead atoms. The zero-order chi connectivity index (χ0) is 13.4. The van der Waals surface area contributed by atoms with E-state index in [1.807, 2.05) is 32.0 Å². The van der Waals surface area contributed by atoms with Gasteiger partial charge in [-0.05, 0) is 38.0 Å².